The van der Waals surface area contributed by atoms with E-state index >= 15 is 0 Å². The molecule has 0 aromatic rings. The zero-order valence-corrected chi connectivity index (χ0v) is 7.20. The van der Waals surface area contributed by atoms with Crippen LogP contribution in [0.15, 0.2) is 11.6 Å². The summed E-state index contributed by atoms with van der Waals surface area (Å²) in [6, 6.07) is 0. The molecule has 0 aliphatic carbocycles. The molecule has 0 spiro atoms. The van der Waals surface area contributed by atoms with Crippen molar-refractivity contribution < 1.29 is 0 Å². The van der Waals surface area contributed by atoms with Gasteiger partial charge in [-0.05, 0) is 33.6 Å². The van der Waals surface area contributed by atoms with Crippen molar-refractivity contribution in [2.75, 3.05) is 0 Å². The largest absolute Gasteiger partial charge is 0.123 e. The van der Waals surface area contributed by atoms with Crippen LogP contribution < -0.4 is 0 Å². The Balaban J connectivity index is 3.20. The van der Waals surface area contributed by atoms with Crippen LogP contribution in [0.5, 0.6) is 0 Å². The van der Waals surface area contributed by atoms with E-state index in [-0.39, 0.29) is 0 Å². The van der Waals surface area contributed by atoms with Gasteiger partial charge in [0.1, 0.15) is 0 Å². The lowest BCUT2D eigenvalue weighted by molar-refractivity contribution is 0.819. The summed E-state index contributed by atoms with van der Waals surface area (Å²) in [4.78, 5) is 0. The Morgan fingerprint density at radius 1 is 1.56 bits per heavy atom. The van der Waals surface area contributed by atoms with Crippen LogP contribution in [0, 0.1) is 0 Å². The second-order valence-corrected chi connectivity index (χ2v) is 3.38. The summed E-state index contributed by atoms with van der Waals surface area (Å²) in [7, 11) is 0. The lowest BCUT2D eigenvalue weighted by Crippen LogP contribution is -1.87. The maximum absolute atomic E-state index is 5.73. The van der Waals surface area contributed by atoms with Crippen LogP contribution >= 0.6 is 11.6 Å². The summed E-state index contributed by atoms with van der Waals surface area (Å²) in [6.07, 6.45) is 4.43. The van der Waals surface area contributed by atoms with Crippen molar-refractivity contribution in [3.05, 3.63) is 11.6 Å². The Hall–Kier alpha value is 0.0300. The van der Waals surface area contributed by atoms with Gasteiger partial charge in [0.05, 0.1) is 0 Å². The summed E-state index contributed by atoms with van der Waals surface area (Å²) in [6.45, 7) is 6.25. The predicted molar refractivity (Wildman–Crippen MR) is 44.0 cm³/mol. The highest BCUT2D eigenvalue weighted by Gasteiger charge is 1.91. The summed E-state index contributed by atoms with van der Waals surface area (Å²) < 4.78 is 0. The number of alkyl halides is 1. The minimum Gasteiger partial charge on any atom is -0.123 e. The number of hydrogen-bond donors (Lipinski definition) is 0. The molecule has 0 heterocycles. The lowest BCUT2D eigenvalue weighted by Gasteiger charge is -1.97. The molecule has 0 N–H and O–H groups in total. The third kappa shape index (κ3) is 8.03. The molecule has 0 nitrogen and oxygen atoms in total. The first-order valence-corrected chi connectivity index (χ1v) is 3.84. The molecule has 54 valence electrons. The van der Waals surface area contributed by atoms with E-state index in [9.17, 15) is 0 Å². The molecule has 0 radical (unpaired) electrons. The normalized spacial score (nSPS) is 12.9. The van der Waals surface area contributed by atoms with Gasteiger partial charge in [-0.2, -0.15) is 0 Å². The highest BCUT2D eigenvalue weighted by Crippen LogP contribution is 2.05. The van der Waals surface area contributed by atoms with Crippen molar-refractivity contribution in [2.24, 2.45) is 0 Å². The smallest absolute Gasteiger partial charge is 0.0310 e. The molecule has 0 aromatic carbocycles. The third-order valence-corrected chi connectivity index (χ3v) is 1.34. The highest BCUT2D eigenvalue weighted by atomic mass is 35.5. The Morgan fingerprint density at radius 2 is 2.11 bits per heavy atom. The van der Waals surface area contributed by atoms with E-state index in [1.54, 1.807) is 0 Å². The average molecular weight is 147 g/mol. The van der Waals surface area contributed by atoms with Gasteiger partial charge in [-0.3, -0.25) is 0 Å². The van der Waals surface area contributed by atoms with Crippen LogP contribution in [-0.2, 0) is 0 Å². The molecule has 0 aliphatic rings. The highest BCUT2D eigenvalue weighted by molar-refractivity contribution is 6.20. The van der Waals surface area contributed by atoms with Crippen LogP contribution in [0.3, 0.4) is 0 Å². The third-order valence-electron chi connectivity index (χ3n) is 1.12. The zero-order valence-electron chi connectivity index (χ0n) is 6.45. The predicted octanol–water partition coefficient (Wildman–Crippen LogP) is 3.36. The van der Waals surface area contributed by atoms with Crippen molar-refractivity contribution in [1.82, 2.24) is 0 Å². The van der Waals surface area contributed by atoms with Crippen molar-refractivity contribution in [3.63, 3.8) is 0 Å². The Labute approximate surface area is 62.9 Å². The molecule has 0 unspecified atom stereocenters. The molecular weight excluding hydrogens is 132 g/mol. The van der Waals surface area contributed by atoms with Gasteiger partial charge in [-0.15, -0.1) is 11.6 Å². The van der Waals surface area contributed by atoms with Crippen molar-refractivity contribution in [3.8, 4) is 0 Å². The number of halogens is 1. The monoisotopic (exact) mass is 146 g/mol. The molecule has 1 heteroatoms. The van der Waals surface area contributed by atoms with Gasteiger partial charge in [0, 0.05) is 5.38 Å². The standard InChI is InChI=1S/C8H15Cl/c1-7(2)5-4-6-8(3)9/h5,8H,4,6H2,1-3H3/t8-/m0/s1. The SMILES string of the molecule is CC(C)=CCC[C@H](C)Cl. The van der Waals surface area contributed by atoms with Crippen LogP contribution in [0.25, 0.3) is 0 Å². The first-order valence-electron chi connectivity index (χ1n) is 3.40. The van der Waals surface area contributed by atoms with E-state index < -0.39 is 0 Å². The molecule has 0 fully saturated rings. The van der Waals surface area contributed by atoms with E-state index in [4.69, 9.17) is 11.6 Å². The fourth-order valence-electron chi connectivity index (χ4n) is 0.602. The molecular formula is C8H15Cl. The van der Waals surface area contributed by atoms with Crippen molar-refractivity contribution in [2.45, 2.75) is 39.0 Å². The van der Waals surface area contributed by atoms with Crippen molar-refractivity contribution in [1.29, 1.82) is 0 Å². The van der Waals surface area contributed by atoms with E-state index in [2.05, 4.69) is 19.9 Å². The summed E-state index contributed by atoms with van der Waals surface area (Å²) in [5.74, 6) is 0. The molecule has 0 amide bonds. The molecule has 0 aliphatic heterocycles. The van der Waals surface area contributed by atoms with Gasteiger partial charge in [-0.25, -0.2) is 0 Å². The van der Waals surface area contributed by atoms with Gasteiger partial charge in [0.2, 0.25) is 0 Å². The minimum atomic E-state index is 0.320. The second kappa shape index (κ2) is 4.87. The number of rotatable bonds is 3. The summed E-state index contributed by atoms with van der Waals surface area (Å²) >= 11 is 5.73. The zero-order chi connectivity index (χ0) is 7.28. The first kappa shape index (κ1) is 9.03. The fourth-order valence-corrected chi connectivity index (χ4v) is 0.728. The van der Waals surface area contributed by atoms with Gasteiger partial charge in [-0.1, -0.05) is 11.6 Å². The Morgan fingerprint density at radius 3 is 2.44 bits per heavy atom. The quantitative estimate of drug-likeness (QED) is 0.423. The van der Waals surface area contributed by atoms with Crippen molar-refractivity contribution >= 4 is 11.6 Å². The van der Waals surface area contributed by atoms with E-state index in [0.717, 1.165) is 12.8 Å². The van der Waals surface area contributed by atoms with Gasteiger partial charge in [0.25, 0.3) is 0 Å². The molecule has 0 saturated heterocycles. The van der Waals surface area contributed by atoms with Gasteiger partial charge >= 0.3 is 0 Å². The molecule has 0 bridgehead atoms. The topological polar surface area (TPSA) is 0 Å². The van der Waals surface area contributed by atoms with E-state index in [0.29, 0.717) is 5.38 Å². The van der Waals surface area contributed by atoms with Gasteiger partial charge < -0.3 is 0 Å². The minimum absolute atomic E-state index is 0.320. The molecule has 0 rings (SSSR count). The van der Waals surface area contributed by atoms with E-state index in [1.807, 2.05) is 6.92 Å². The fraction of sp³-hybridized carbons (Fsp3) is 0.750. The van der Waals surface area contributed by atoms with Crippen LogP contribution in [0.4, 0.5) is 0 Å². The van der Waals surface area contributed by atoms with Crippen LogP contribution in [0.1, 0.15) is 33.6 Å². The number of hydrogen-bond acceptors (Lipinski definition) is 0. The second-order valence-electron chi connectivity index (χ2n) is 2.64. The molecule has 9 heavy (non-hydrogen) atoms. The Bertz CT molecular complexity index is 88.7. The van der Waals surface area contributed by atoms with Gasteiger partial charge in [0.15, 0.2) is 0 Å². The van der Waals surface area contributed by atoms with Crippen LogP contribution in [-0.4, -0.2) is 5.38 Å². The number of allylic oxidation sites excluding steroid dienone is 2. The van der Waals surface area contributed by atoms with Crippen LogP contribution in [0.2, 0.25) is 0 Å². The maximum Gasteiger partial charge on any atom is 0.0310 e. The summed E-state index contributed by atoms with van der Waals surface area (Å²) in [5, 5.41) is 0.320. The molecule has 0 aromatic heterocycles. The average Bonchev–Trinajstić information content (AvgIpc) is 1.63. The Kier molecular flexibility index (Phi) is 4.88. The van der Waals surface area contributed by atoms with E-state index in [1.165, 1.54) is 5.57 Å². The summed E-state index contributed by atoms with van der Waals surface area (Å²) in [5.41, 5.74) is 1.38. The molecule has 1 atom stereocenters. The maximum atomic E-state index is 5.73. The molecule has 0 saturated carbocycles. The first-order chi connectivity index (χ1) is 4.13. The lowest BCUT2D eigenvalue weighted by atomic mass is 10.2.